The Hall–Kier alpha value is -1.07. The maximum atomic E-state index is 5.24. The number of methoxy groups -OCH3 is 1. The van der Waals surface area contributed by atoms with Crippen molar-refractivity contribution in [3.05, 3.63) is 11.9 Å². The number of hydrogen-bond acceptors (Lipinski definition) is 4. The molecule has 0 spiro atoms. The van der Waals surface area contributed by atoms with Gasteiger partial charge in [-0.3, -0.25) is 4.68 Å². The fourth-order valence-corrected chi connectivity index (χ4v) is 2.85. The molecule has 5 nitrogen and oxygen atoms in total. The quantitative estimate of drug-likeness (QED) is 0.828. The lowest BCUT2D eigenvalue weighted by molar-refractivity contribution is 0.161. The number of hydrogen-bond donors (Lipinski definition) is 1. The van der Waals surface area contributed by atoms with Crippen LogP contribution < -0.4 is 10.2 Å². The predicted octanol–water partition coefficient (Wildman–Crippen LogP) is 0.459. The van der Waals surface area contributed by atoms with Crippen LogP contribution in [0.15, 0.2) is 6.20 Å². The number of aromatic nitrogens is 2. The number of anilines is 1. The van der Waals surface area contributed by atoms with Crippen molar-refractivity contribution in [3.8, 4) is 0 Å². The van der Waals surface area contributed by atoms with Gasteiger partial charge in [0.2, 0.25) is 0 Å². The van der Waals surface area contributed by atoms with E-state index in [2.05, 4.69) is 20.0 Å². The van der Waals surface area contributed by atoms with Crippen molar-refractivity contribution in [2.45, 2.75) is 19.5 Å². The molecule has 0 aliphatic carbocycles. The van der Waals surface area contributed by atoms with Gasteiger partial charge in [0.15, 0.2) is 0 Å². The molecule has 1 atom stereocenters. The summed E-state index contributed by atoms with van der Waals surface area (Å²) in [6.07, 6.45) is 3.25. The van der Waals surface area contributed by atoms with Crippen molar-refractivity contribution in [2.24, 2.45) is 5.92 Å². The molecule has 1 fully saturated rings. The third-order valence-corrected chi connectivity index (χ3v) is 3.75. The van der Waals surface area contributed by atoms with Crippen molar-refractivity contribution in [3.63, 3.8) is 0 Å². The average molecular weight is 236 g/mol. The van der Waals surface area contributed by atoms with E-state index in [1.54, 1.807) is 7.11 Å². The van der Waals surface area contributed by atoms with Gasteiger partial charge in [-0.1, -0.05) is 0 Å². The van der Waals surface area contributed by atoms with Crippen molar-refractivity contribution < 1.29 is 4.74 Å². The van der Waals surface area contributed by atoms with Gasteiger partial charge in [0, 0.05) is 39.2 Å². The molecule has 0 saturated carbocycles. The molecule has 2 aliphatic heterocycles. The van der Waals surface area contributed by atoms with Crippen LogP contribution >= 0.6 is 0 Å². The summed E-state index contributed by atoms with van der Waals surface area (Å²) in [6.45, 7) is 6.07. The fraction of sp³-hybridized carbons (Fsp3) is 0.750. The van der Waals surface area contributed by atoms with E-state index in [-0.39, 0.29) is 0 Å². The van der Waals surface area contributed by atoms with E-state index in [1.807, 2.05) is 6.20 Å². The highest BCUT2D eigenvalue weighted by atomic mass is 16.5. The van der Waals surface area contributed by atoms with Gasteiger partial charge < -0.3 is 15.0 Å². The number of nitrogens with one attached hydrogen (secondary N) is 1. The Labute approximate surface area is 102 Å². The van der Waals surface area contributed by atoms with Crippen LogP contribution in [-0.4, -0.2) is 43.1 Å². The minimum Gasteiger partial charge on any atom is -0.384 e. The first kappa shape index (κ1) is 11.0. The van der Waals surface area contributed by atoms with E-state index < -0.39 is 0 Å². The van der Waals surface area contributed by atoms with Crippen molar-refractivity contribution in [2.75, 3.05) is 38.3 Å². The summed E-state index contributed by atoms with van der Waals surface area (Å²) in [5.41, 5.74) is 2.66. The highest BCUT2D eigenvalue weighted by Gasteiger charge is 2.26. The van der Waals surface area contributed by atoms with Crippen LogP contribution in [0.5, 0.6) is 0 Å². The molecule has 2 aliphatic rings. The number of rotatable bonds is 3. The maximum absolute atomic E-state index is 5.24. The molecule has 1 aromatic rings. The summed E-state index contributed by atoms with van der Waals surface area (Å²) in [5, 5.41) is 7.89. The highest BCUT2D eigenvalue weighted by Crippen LogP contribution is 2.27. The van der Waals surface area contributed by atoms with Gasteiger partial charge in [0.05, 0.1) is 30.7 Å². The molecule has 0 bridgehead atoms. The SMILES string of the molecule is COCC1CCN(c2cnn3c2CNCC3)C1. The molecule has 17 heavy (non-hydrogen) atoms. The van der Waals surface area contributed by atoms with E-state index in [9.17, 15) is 0 Å². The van der Waals surface area contributed by atoms with Gasteiger partial charge >= 0.3 is 0 Å². The zero-order valence-corrected chi connectivity index (χ0v) is 10.4. The zero-order valence-electron chi connectivity index (χ0n) is 10.4. The molecule has 1 aromatic heterocycles. The Bertz CT molecular complexity index is 390. The van der Waals surface area contributed by atoms with Crippen LogP contribution in [0.1, 0.15) is 12.1 Å². The van der Waals surface area contributed by atoms with Crippen molar-refractivity contribution in [1.82, 2.24) is 15.1 Å². The van der Waals surface area contributed by atoms with E-state index >= 15 is 0 Å². The molecule has 1 unspecified atom stereocenters. The number of ether oxygens (including phenoxy) is 1. The van der Waals surface area contributed by atoms with Gasteiger partial charge in [0.25, 0.3) is 0 Å². The number of nitrogens with zero attached hydrogens (tertiary/aromatic N) is 3. The lowest BCUT2D eigenvalue weighted by Gasteiger charge is -2.22. The predicted molar refractivity (Wildman–Crippen MR) is 66.1 cm³/mol. The van der Waals surface area contributed by atoms with Gasteiger partial charge in [0.1, 0.15) is 0 Å². The molecule has 3 rings (SSSR count). The molecule has 0 amide bonds. The largest absolute Gasteiger partial charge is 0.384 e. The zero-order chi connectivity index (χ0) is 11.7. The first-order chi connectivity index (χ1) is 8.38. The van der Waals surface area contributed by atoms with Crippen molar-refractivity contribution in [1.29, 1.82) is 0 Å². The minimum absolute atomic E-state index is 0.673. The van der Waals surface area contributed by atoms with E-state index in [1.165, 1.54) is 17.8 Å². The summed E-state index contributed by atoms with van der Waals surface area (Å²) < 4.78 is 7.38. The Balaban J connectivity index is 1.74. The normalized spacial score (nSPS) is 24.1. The Morgan fingerprint density at radius 2 is 2.47 bits per heavy atom. The molecule has 3 heterocycles. The van der Waals surface area contributed by atoms with Gasteiger partial charge in [-0.15, -0.1) is 0 Å². The van der Waals surface area contributed by atoms with Crippen molar-refractivity contribution >= 4 is 5.69 Å². The minimum atomic E-state index is 0.673. The topological polar surface area (TPSA) is 42.3 Å². The van der Waals surface area contributed by atoms with Gasteiger partial charge in [-0.05, 0) is 6.42 Å². The molecule has 94 valence electrons. The van der Waals surface area contributed by atoms with E-state index in [0.717, 1.165) is 39.3 Å². The Morgan fingerprint density at radius 3 is 3.35 bits per heavy atom. The fourth-order valence-electron chi connectivity index (χ4n) is 2.85. The molecule has 5 heteroatoms. The van der Waals surface area contributed by atoms with Crippen LogP contribution in [0.3, 0.4) is 0 Å². The summed E-state index contributed by atoms with van der Waals surface area (Å²) >= 11 is 0. The average Bonchev–Trinajstić information content (AvgIpc) is 2.95. The van der Waals surface area contributed by atoms with E-state index in [0.29, 0.717) is 5.92 Å². The molecule has 1 N–H and O–H groups in total. The number of fused-ring (bicyclic) bond motifs is 1. The second kappa shape index (κ2) is 4.66. The molecule has 0 radical (unpaired) electrons. The maximum Gasteiger partial charge on any atom is 0.0798 e. The lowest BCUT2D eigenvalue weighted by Crippen LogP contribution is -2.30. The monoisotopic (exact) mass is 236 g/mol. The first-order valence-electron chi connectivity index (χ1n) is 6.38. The summed E-state index contributed by atoms with van der Waals surface area (Å²) in [4.78, 5) is 2.45. The second-order valence-corrected chi connectivity index (χ2v) is 4.93. The standard InChI is InChI=1S/C12H20N4O/c1-17-9-10-2-4-15(8-10)11-7-14-16-5-3-13-6-12(11)16/h7,10,13H,2-6,8-9H2,1H3. The smallest absolute Gasteiger partial charge is 0.0798 e. The van der Waals surface area contributed by atoms with Gasteiger partial charge in [-0.25, -0.2) is 0 Å². The molecule has 0 aromatic carbocycles. The molecular weight excluding hydrogens is 216 g/mol. The Kier molecular flexibility index (Phi) is 3.03. The van der Waals surface area contributed by atoms with E-state index in [4.69, 9.17) is 4.74 Å². The van der Waals surface area contributed by atoms with Crippen LogP contribution in [0.25, 0.3) is 0 Å². The van der Waals surface area contributed by atoms with Crippen LogP contribution in [0.2, 0.25) is 0 Å². The van der Waals surface area contributed by atoms with Gasteiger partial charge in [-0.2, -0.15) is 5.10 Å². The summed E-state index contributed by atoms with van der Waals surface area (Å²) in [6, 6.07) is 0. The molecular formula is C12H20N4O. The van der Waals surface area contributed by atoms with Crippen LogP contribution in [0.4, 0.5) is 5.69 Å². The highest BCUT2D eigenvalue weighted by molar-refractivity contribution is 5.51. The third kappa shape index (κ3) is 2.05. The third-order valence-electron chi connectivity index (χ3n) is 3.75. The summed E-state index contributed by atoms with van der Waals surface area (Å²) in [5.74, 6) is 0.673. The Morgan fingerprint density at radius 1 is 1.53 bits per heavy atom. The summed E-state index contributed by atoms with van der Waals surface area (Å²) in [7, 11) is 1.79. The van der Waals surface area contributed by atoms with Crippen LogP contribution in [-0.2, 0) is 17.8 Å². The second-order valence-electron chi connectivity index (χ2n) is 4.93. The molecule has 1 saturated heterocycles. The lowest BCUT2D eigenvalue weighted by atomic mass is 10.1. The first-order valence-corrected chi connectivity index (χ1v) is 6.38. The van der Waals surface area contributed by atoms with Crippen LogP contribution in [0, 0.1) is 5.92 Å².